The molecule has 2 rings (SSSR count). The maximum absolute atomic E-state index is 4.36. The average molecular weight is 289 g/mol. The van der Waals surface area contributed by atoms with E-state index in [4.69, 9.17) is 0 Å². The number of nitrogens with zero attached hydrogens (tertiary/aromatic N) is 1. The van der Waals surface area contributed by atoms with Crippen LogP contribution < -0.4 is 5.32 Å². The van der Waals surface area contributed by atoms with Gasteiger partial charge in [0.15, 0.2) is 0 Å². The average Bonchev–Trinajstić information content (AvgIpc) is 2.56. The molecule has 1 unspecified atom stereocenters. The molecule has 0 aromatic carbocycles. The van der Waals surface area contributed by atoms with Crippen molar-refractivity contribution >= 4 is 27.3 Å². The van der Waals surface area contributed by atoms with Crippen LogP contribution in [0.4, 0.5) is 0 Å². The van der Waals surface area contributed by atoms with Crippen LogP contribution in [-0.4, -0.2) is 11.5 Å². The quantitative estimate of drug-likeness (QED) is 0.893. The van der Waals surface area contributed by atoms with Crippen molar-refractivity contribution in [3.8, 4) is 0 Å². The summed E-state index contributed by atoms with van der Waals surface area (Å²) >= 11 is 5.16. The number of halogens is 1. The number of hydrogen-bond donors (Lipinski definition) is 1. The summed E-state index contributed by atoms with van der Waals surface area (Å²) in [4.78, 5) is 4.36. The minimum absolute atomic E-state index is 0.390. The lowest BCUT2D eigenvalue weighted by molar-refractivity contribution is 0.288. The molecule has 1 atom stereocenters. The van der Waals surface area contributed by atoms with Gasteiger partial charge in [-0.2, -0.15) is 0 Å². The van der Waals surface area contributed by atoms with Gasteiger partial charge >= 0.3 is 0 Å². The molecule has 0 amide bonds. The molecule has 0 aliphatic heterocycles. The van der Waals surface area contributed by atoms with E-state index < -0.39 is 0 Å². The molecule has 0 saturated heterocycles. The van der Waals surface area contributed by atoms with Crippen molar-refractivity contribution in [2.75, 3.05) is 6.54 Å². The van der Waals surface area contributed by atoms with Crippen molar-refractivity contribution in [3.63, 3.8) is 0 Å². The topological polar surface area (TPSA) is 24.9 Å². The lowest BCUT2D eigenvalue weighted by atomic mass is 9.83. The van der Waals surface area contributed by atoms with Crippen LogP contribution in [0.5, 0.6) is 0 Å². The van der Waals surface area contributed by atoms with Crippen LogP contribution in [0.15, 0.2) is 9.98 Å². The fourth-order valence-electron chi connectivity index (χ4n) is 1.84. The van der Waals surface area contributed by atoms with Gasteiger partial charge in [-0.25, -0.2) is 4.98 Å². The summed E-state index contributed by atoms with van der Waals surface area (Å²) in [6.45, 7) is 3.31. The van der Waals surface area contributed by atoms with E-state index in [0.29, 0.717) is 6.04 Å². The first-order chi connectivity index (χ1) is 7.25. The van der Waals surface area contributed by atoms with E-state index in [1.54, 1.807) is 11.3 Å². The molecule has 1 fully saturated rings. The smallest absolute Gasteiger partial charge is 0.110 e. The highest BCUT2D eigenvalue weighted by Crippen LogP contribution is 2.29. The van der Waals surface area contributed by atoms with Gasteiger partial charge in [0.05, 0.1) is 16.0 Å². The Morgan fingerprint density at radius 3 is 3.00 bits per heavy atom. The molecule has 1 aromatic heterocycles. The van der Waals surface area contributed by atoms with Gasteiger partial charge in [0.25, 0.3) is 0 Å². The van der Waals surface area contributed by atoms with E-state index in [1.807, 2.05) is 6.20 Å². The summed E-state index contributed by atoms with van der Waals surface area (Å²) < 4.78 is 1.12. The minimum Gasteiger partial charge on any atom is -0.308 e. The third-order valence-corrected chi connectivity index (χ3v) is 4.75. The van der Waals surface area contributed by atoms with Crippen molar-refractivity contribution in [2.24, 2.45) is 5.92 Å². The second-order valence-corrected chi connectivity index (χ2v) is 6.71. The Morgan fingerprint density at radius 1 is 1.67 bits per heavy atom. The highest BCUT2D eigenvalue weighted by molar-refractivity contribution is 9.11. The van der Waals surface area contributed by atoms with E-state index in [2.05, 4.69) is 33.2 Å². The van der Waals surface area contributed by atoms with Crippen molar-refractivity contribution in [1.29, 1.82) is 0 Å². The second kappa shape index (κ2) is 5.41. The van der Waals surface area contributed by atoms with Crippen LogP contribution in [-0.2, 0) is 0 Å². The van der Waals surface area contributed by atoms with Gasteiger partial charge in [-0.3, -0.25) is 0 Å². The molecule has 1 aliphatic carbocycles. The van der Waals surface area contributed by atoms with Gasteiger partial charge in [0.2, 0.25) is 0 Å². The largest absolute Gasteiger partial charge is 0.308 e. The van der Waals surface area contributed by atoms with Gasteiger partial charge in [-0.05, 0) is 41.7 Å². The molecule has 0 bridgehead atoms. The molecule has 1 aromatic rings. The summed E-state index contributed by atoms with van der Waals surface area (Å²) in [6, 6.07) is 0.390. The fraction of sp³-hybridized carbons (Fsp3) is 0.727. The number of thiazole rings is 1. The van der Waals surface area contributed by atoms with Crippen molar-refractivity contribution < 1.29 is 0 Å². The number of aromatic nitrogens is 1. The SMILES string of the molecule is CC(NCCC1CCC1)c1ncc(Br)s1. The summed E-state index contributed by atoms with van der Waals surface area (Å²) in [5.74, 6) is 0.993. The number of hydrogen-bond acceptors (Lipinski definition) is 3. The molecule has 1 heterocycles. The first kappa shape index (κ1) is 11.6. The Balaban J connectivity index is 1.69. The van der Waals surface area contributed by atoms with Crippen LogP contribution in [0.3, 0.4) is 0 Å². The summed E-state index contributed by atoms with van der Waals surface area (Å²) in [7, 11) is 0. The predicted octanol–water partition coefficient (Wildman–Crippen LogP) is 3.75. The fourth-order valence-corrected chi connectivity index (χ4v) is 3.11. The lowest BCUT2D eigenvalue weighted by Crippen LogP contribution is -2.23. The van der Waals surface area contributed by atoms with Gasteiger partial charge in [0, 0.05) is 0 Å². The van der Waals surface area contributed by atoms with E-state index in [9.17, 15) is 0 Å². The zero-order valence-corrected chi connectivity index (χ0v) is 11.4. The minimum atomic E-state index is 0.390. The summed E-state index contributed by atoms with van der Waals surface area (Å²) in [5.41, 5.74) is 0. The first-order valence-corrected chi connectivity index (χ1v) is 7.21. The third kappa shape index (κ3) is 3.26. The van der Waals surface area contributed by atoms with E-state index in [-0.39, 0.29) is 0 Å². The molecule has 84 valence electrons. The Hall–Kier alpha value is 0.0700. The zero-order valence-electron chi connectivity index (χ0n) is 9.00. The maximum Gasteiger partial charge on any atom is 0.110 e. The van der Waals surface area contributed by atoms with Crippen molar-refractivity contribution in [3.05, 3.63) is 15.0 Å². The highest BCUT2D eigenvalue weighted by Gasteiger charge is 2.17. The standard InChI is InChI=1S/C11H17BrN2S/c1-8(11-14-7-10(12)15-11)13-6-5-9-3-2-4-9/h7-9,13H,2-6H2,1H3. The Kier molecular flexibility index (Phi) is 4.17. The van der Waals surface area contributed by atoms with Crippen molar-refractivity contribution in [2.45, 2.75) is 38.6 Å². The number of rotatable bonds is 5. The first-order valence-electron chi connectivity index (χ1n) is 5.60. The van der Waals surface area contributed by atoms with Crippen molar-refractivity contribution in [1.82, 2.24) is 10.3 Å². The maximum atomic E-state index is 4.36. The highest BCUT2D eigenvalue weighted by atomic mass is 79.9. The molecule has 4 heteroatoms. The van der Waals surface area contributed by atoms with Crippen LogP contribution in [0.2, 0.25) is 0 Å². The Morgan fingerprint density at radius 2 is 2.47 bits per heavy atom. The normalized spacial score (nSPS) is 18.8. The Bertz CT molecular complexity index is 309. The Labute approximate surface area is 104 Å². The summed E-state index contributed by atoms with van der Waals surface area (Å²) in [5, 5.41) is 4.71. The molecular formula is C11H17BrN2S. The van der Waals surface area contributed by atoms with Crippen LogP contribution in [0.1, 0.15) is 43.7 Å². The van der Waals surface area contributed by atoms with Gasteiger partial charge in [-0.15, -0.1) is 11.3 Å². The molecular weight excluding hydrogens is 272 g/mol. The van der Waals surface area contributed by atoms with Gasteiger partial charge in [0.1, 0.15) is 5.01 Å². The second-order valence-electron chi connectivity index (χ2n) is 4.26. The third-order valence-electron chi connectivity index (χ3n) is 3.09. The molecule has 2 nitrogen and oxygen atoms in total. The molecule has 1 aliphatic rings. The molecule has 0 spiro atoms. The van der Waals surface area contributed by atoms with Gasteiger partial charge < -0.3 is 5.32 Å². The van der Waals surface area contributed by atoms with E-state index in [0.717, 1.165) is 16.2 Å². The van der Waals surface area contributed by atoms with Crippen LogP contribution in [0, 0.1) is 5.92 Å². The van der Waals surface area contributed by atoms with Crippen LogP contribution in [0.25, 0.3) is 0 Å². The van der Waals surface area contributed by atoms with E-state index >= 15 is 0 Å². The molecule has 15 heavy (non-hydrogen) atoms. The lowest BCUT2D eigenvalue weighted by Gasteiger charge is -2.25. The van der Waals surface area contributed by atoms with Crippen LogP contribution >= 0.6 is 27.3 Å². The monoisotopic (exact) mass is 288 g/mol. The molecule has 1 N–H and O–H groups in total. The molecule has 0 radical (unpaired) electrons. The molecule has 1 saturated carbocycles. The summed E-state index contributed by atoms with van der Waals surface area (Å²) in [6.07, 6.45) is 7.54. The van der Waals surface area contributed by atoms with Gasteiger partial charge in [-0.1, -0.05) is 19.3 Å². The predicted molar refractivity (Wildman–Crippen MR) is 68.2 cm³/mol. The van der Waals surface area contributed by atoms with E-state index in [1.165, 1.54) is 30.7 Å². The number of nitrogens with one attached hydrogen (secondary N) is 1. The zero-order chi connectivity index (χ0) is 10.7.